The molecule has 0 spiro atoms. The molecule has 7 heteroatoms. The van der Waals surface area contributed by atoms with Gasteiger partial charge in [-0.2, -0.15) is 0 Å². The fourth-order valence-electron chi connectivity index (χ4n) is 2.51. The highest BCUT2D eigenvalue weighted by Gasteiger charge is 2.15. The molecule has 158 valence electrons. The van der Waals surface area contributed by atoms with Gasteiger partial charge in [-0.1, -0.05) is 24.3 Å². The third-order valence-electron chi connectivity index (χ3n) is 3.67. The van der Waals surface area contributed by atoms with Crippen molar-refractivity contribution in [3.8, 4) is 0 Å². The molecule has 0 radical (unpaired) electrons. The van der Waals surface area contributed by atoms with E-state index in [1.165, 1.54) is 11.1 Å². The first-order valence-corrected chi connectivity index (χ1v) is 9.92. The monoisotopic (exact) mass is 391 g/mol. The summed E-state index contributed by atoms with van der Waals surface area (Å²) in [5, 5.41) is 9.33. The third-order valence-corrected chi connectivity index (χ3v) is 3.67. The number of carbonyl (C=O) groups excluding carboxylic acids is 1. The van der Waals surface area contributed by atoms with Crippen molar-refractivity contribution >= 4 is 12.1 Å². The number of guanidine groups is 1. The lowest BCUT2D eigenvalue weighted by molar-refractivity contribution is 0.0527. The summed E-state index contributed by atoms with van der Waals surface area (Å²) in [6.45, 7) is 11.2. The third kappa shape index (κ3) is 10.8. The molecule has 1 aromatic rings. The molecule has 0 aliphatic heterocycles. The first-order valence-electron chi connectivity index (χ1n) is 9.92. The van der Waals surface area contributed by atoms with Crippen LogP contribution in [0.15, 0.2) is 29.3 Å². The Morgan fingerprint density at radius 2 is 1.71 bits per heavy atom. The van der Waals surface area contributed by atoms with E-state index in [2.05, 4.69) is 53.1 Å². The molecule has 0 fully saturated rings. The van der Waals surface area contributed by atoms with E-state index in [1.54, 1.807) is 0 Å². The number of carbonyl (C=O) groups is 1. The van der Waals surface area contributed by atoms with Gasteiger partial charge in [0.05, 0.1) is 6.54 Å². The van der Waals surface area contributed by atoms with Crippen molar-refractivity contribution in [1.82, 2.24) is 20.9 Å². The molecule has 0 saturated heterocycles. The first kappa shape index (κ1) is 23.8. The number of amides is 1. The summed E-state index contributed by atoms with van der Waals surface area (Å²) >= 11 is 0. The summed E-state index contributed by atoms with van der Waals surface area (Å²) in [7, 11) is 4.13. The zero-order chi connectivity index (χ0) is 21.0. The number of nitrogens with one attached hydrogen (secondary N) is 3. The number of rotatable bonds is 9. The second-order valence-electron chi connectivity index (χ2n) is 7.91. The number of hydrogen-bond acceptors (Lipinski definition) is 4. The number of nitrogens with zero attached hydrogens (tertiary/aromatic N) is 2. The quantitative estimate of drug-likeness (QED) is 0.343. The van der Waals surface area contributed by atoms with E-state index in [0.717, 1.165) is 25.5 Å². The molecule has 0 saturated carbocycles. The highest BCUT2D eigenvalue weighted by Crippen LogP contribution is 2.11. The van der Waals surface area contributed by atoms with Gasteiger partial charge >= 0.3 is 6.09 Å². The molecule has 1 rings (SSSR count). The lowest BCUT2D eigenvalue weighted by Gasteiger charge is -2.19. The summed E-state index contributed by atoms with van der Waals surface area (Å²) in [5.74, 6) is 0.777. The first-order chi connectivity index (χ1) is 13.2. The van der Waals surface area contributed by atoms with Crippen molar-refractivity contribution in [2.75, 3.05) is 33.7 Å². The normalized spacial score (nSPS) is 12.0. The molecule has 3 N–H and O–H groups in total. The highest BCUT2D eigenvalue weighted by atomic mass is 16.6. The van der Waals surface area contributed by atoms with Gasteiger partial charge in [0.1, 0.15) is 5.60 Å². The van der Waals surface area contributed by atoms with E-state index in [9.17, 15) is 4.79 Å². The van der Waals surface area contributed by atoms with Crippen LogP contribution in [0.1, 0.15) is 45.2 Å². The Morgan fingerprint density at radius 1 is 1.07 bits per heavy atom. The van der Waals surface area contributed by atoms with Gasteiger partial charge < -0.3 is 25.6 Å². The molecule has 0 aliphatic carbocycles. The number of aliphatic imine (C=N–C) groups is 1. The average molecular weight is 392 g/mol. The molecule has 0 unspecified atom stereocenters. The van der Waals surface area contributed by atoms with Crippen molar-refractivity contribution in [3.05, 3.63) is 35.4 Å². The maximum Gasteiger partial charge on any atom is 0.407 e. The molecule has 0 atom stereocenters. The maximum atomic E-state index is 11.6. The summed E-state index contributed by atoms with van der Waals surface area (Å²) in [6, 6.07) is 8.38. The number of ether oxygens (including phenoxy) is 1. The summed E-state index contributed by atoms with van der Waals surface area (Å²) in [4.78, 5) is 18.5. The molecule has 7 nitrogen and oxygen atoms in total. The van der Waals surface area contributed by atoms with Gasteiger partial charge in [-0.05, 0) is 59.3 Å². The molecule has 0 bridgehead atoms. The van der Waals surface area contributed by atoms with Crippen molar-refractivity contribution in [1.29, 1.82) is 0 Å². The Labute approximate surface area is 169 Å². The van der Waals surface area contributed by atoms with Crippen LogP contribution in [0.25, 0.3) is 0 Å². The van der Waals surface area contributed by atoms with E-state index < -0.39 is 5.60 Å². The van der Waals surface area contributed by atoms with Crippen LogP contribution >= 0.6 is 0 Å². The van der Waals surface area contributed by atoms with Gasteiger partial charge in [0.2, 0.25) is 0 Å². The number of hydrogen-bond donors (Lipinski definition) is 3. The fraction of sp³-hybridized carbons (Fsp3) is 0.619. The summed E-state index contributed by atoms with van der Waals surface area (Å²) in [6.07, 6.45) is 0.395. The molecule has 28 heavy (non-hydrogen) atoms. The molecule has 1 aromatic carbocycles. The topological polar surface area (TPSA) is 78.0 Å². The minimum atomic E-state index is -0.476. The maximum absolute atomic E-state index is 11.6. The van der Waals surface area contributed by atoms with Gasteiger partial charge in [0, 0.05) is 26.2 Å². The number of benzene rings is 1. The Morgan fingerprint density at radius 3 is 2.32 bits per heavy atom. The lowest BCUT2D eigenvalue weighted by atomic mass is 10.1. The second-order valence-corrected chi connectivity index (χ2v) is 7.91. The standard InChI is InChI=1S/C21H37N5O2/c1-7-22-19(23-13-10-14-24-20(27)28-21(2,3)4)25-15-17-11-8-9-12-18(17)16-26(5)6/h8-9,11-12H,7,10,13-16H2,1-6H3,(H,24,27)(H2,22,23,25). The molecule has 0 heterocycles. The summed E-state index contributed by atoms with van der Waals surface area (Å²) < 4.78 is 5.22. The van der Waals surface area contributed by atoms with Crippen LogP contribution in [0.4, 0.5) is 4.79 Å². The zero-order valence-corrected chi connectivity index (χ0v) is 18.3. The minimum Gasteiger partial charge on any atom is -0.444 e. The Bertz CT molecular complexity index is 623. The predicted molar refractivity (Wildman–Crippen MR) is 116 cm³/mol. The minimum absolute atomic E-state index is 0.384. The van der Waals surface area contributed by atoms with Crippen LogP contribution < -0.4 is 16.0 Å². The lowest BCUT2D eigenvalue weighted by Crippen LogP contribution is -2.39. The van der Waals surface area contributed by atoms with E-state index >= 15 is 0 Å². The van der Waals surface area contributed by atoms with Crippen LogP contribution in [0, 0.1) is 0 Å². The van der Waals surface area contributed by atoms with E-state index in [1.807, 2.05) is 33.8 Å². The van der Waals surface area contributed by atoms with Crippen LogP contribution in [-0.4, -0.2) is 56.3 Å². The molecular weight excluding hydrogens is 354 g/mol. The molecule has 1 amide bonds. The van der Waals surface area contributed by atoms with Crippen molar-refractivity contribution in [2.24, 2.45) is 4.99 Å². The SMILES string of the molecule is CCNC(=NCc1ccccc1CN(C)C)NCCCNC(=O)OC(C)(C)C. The van der Waals surface area contributed by atoms with Crippen LogP contribution in [-0.2, 0) is 17.8 Å². The molecule has 0 aliphatic rings. The fourth-order valence-corrected chi connectivity index (χ4v) is 2.51. The molecular formula is C21H37N5O2. The zero-order valence-electron chi connectivity index (χ0n) is 18.3. The predicted octanol–water partition coefficient (Wildman–Crippen LogP) is 2.72. The Hall–Kier alpha value is -2.28. The van der Waals surface area contributed by atoms with Crippen molar-refractivity contribution < 1.29 is 9.53 Å². The summed E-state index contributed by atoms with van der Waals surface area (Å²) in [5.41, 5.74) is 2.03. The Balaban J connectivity index is 2.47. The van der Waals surface area contributed by atoms with Crippen LogP contribution in [0.2, 0.25) is 0 Å². The highest BCUT2D eigenvalue weighted by molar-refractivity contribution is 5.79. The van der Waals surface area contributed by atoms with Gasteiger partial charge in [-0.25, -0.2) is 9.79 Å². The van der Waals surface area contributed by atoms with Gasteiger partial charge in [-0.15, -0.1) is 0 Å². The number of alkyl carbamates (subject to hydrolysis) is 1. The second kappa shape index (κ2) is 12.2. The van der Waals surface area contributed by atoms with Gasteiger partial charge in [0.15, 0.2) is 5.96 Å². The average Bonchev–Trinajstić information content (AvgIpc) is 2.58. The smallest absolute Gasteiger partial charge is 0.407 e. The van der Waals surface area contributed by atoms with Crippen LogP contribution in [0.3, 0.4) is 0 Å². The van der Waals surface area contributed by atoms with E-state index in [0.29, 0.717) is 19.6 Å². The largest absolute Gasteiger partial charge is 0.444 e. The molecule has 0 aromatic heterocycles. The van der Waals surface area contributed by atoms with Gasteiger partial charge in [0.25, 0.3) is 0 Å². The van der Waals surface area contributed by atoms with Gasteiger partial charge in [-0.3, -0.25) is 0 Å². The van der Waals surface area contributed by atoms with Crippen molar-refractivity contribution in [2.45, 2.75) is 52.8 Å². The van der Waals surface area contributed by atoms with Crippen molar-refractivity contribution in [3.63, 3.8) is 0 Å². The van der Waals surface area contributed by atoms with E-state index in [4.69, 9.17) is 9.73 Å². The van der Waals surface area contributed by atoms with Crippen LogP contribution in [0.5, 0.6) is 0 Å². The van der Waals surface area contributed by atoms with E-state index in [-0.39, 0.29) is 6.09 Å². The Kier molecular flexibility index (Phi) is 10.4.